The molecule has 0 aliphatic carbocycles. The third kappa shape index (κ3) is 6.20. The van der Waals surface area contributed by atoms with E-state index in [2.05, 4.69) is 4.99 Å². The SMILES string of the molecule is Cc1cc(/C=C/C(c2cc(Cl)cc(Cl)c2)C(F)(F)F)ccc1[NH2+]C=NC=N. The number of benzene rings is 2. The monoisotopic (exact) mass is 414 g/mol. The van der Waals surface area contributed by atoms with Gasteiger partial charge in [-0.2, -0.15) is 18.2 Å². The van der Waals surface area contributed by atoms with E-state index < -0.39 is 12.1 Å². The van der Waals surface area contributed by atoms with E-state index >= 15 is 0 Å². The van der Waals surface area contributed by atoms with Gasteiger partial charge in [0, 0.05) is 21.7 Å². The normalized spacial score (nSPS) is 13.4. The van der Waals surface area contributed by atoms with E-state index in [1.165, 1.54) is 30.6 Å². The van der Waals surface area contributed by atoms with Gasteiger partial charge in [0.1, 0.15) is 12.0 Å². The largest absolute Gasteiger partial charge is 0.399 e. The maximum absolute atomic E-state index is 13.5. The molecule has 1 atom stereocenters. The number of quaternary nitrogens is 1. The van der Waals surface area contributed by atoms with Crippen LogP contribution in [0.15, 0.2) is 47.5 Å². The molecule has 0 saturated heterocycles. The lowest BCUT2D eigenvalue weighted by atomic mass is 9.97. The lowest BCUT2D eigenvalue weighted by Crippen LogP contribution is -2.76. The minimum absolute atomic E-state index is 0.0132. The molecule has 0 aromatic heterocycles. The van der Waals surface area contributed by atoms with Crippen molar-refractivity contribution in [3.63, 3.8) is 0 Å². The van der Waals surface area contributed by atoms with Gasteiger partial charge in [-0.25, -0.2) is 0 Å². The van der Waals surface area contributed by atoms with Gasteiger partial charge in [0.2, 0.25) is 0 Å². The molecule has 0 aliphatic heterocycles. The zero-order valence-corrected chi connectivity index (χ0v) is 15.8. The second-order valence-electron chi connectivity index (χ2n) is 5.79. The molecule has 2 aromatic rings. The van der Waals surface area contributed by atoms with Crippen LogP contribution < -0.4 is 5.32 Å². The molecule has 142 valence electrons. The number of rotatable bonds is 6. The maximum Gasteiger partial charge on any atom is 0.399 e. The van der Waals surface area contributed by atoms with E-state index in [-0.39, 0.29) is 15.6 Å². The number of hydrogen-bond acceptors (Lipinski definition) is 1. The molecule has 3 nitrogen and oxygen atoms in total. The smallest absolute Gasteiger partial charge is 0.289 e. The number of nitrogens with two attached hydrogens (primary N) is 1. The summed E-state index contributed by atoms with van der Waals surface area (Å²) in [4.78, 5) is 3.67. The van der Waals surface area contributed by atoms with Gasteiger partial charge in [-0.3, -0.25) is 10.7 Å². The molecule has 0 heterocycles. The highest BCUT2D eigenvalue weighted by atomic mass is 35.5. The minimum atomic E-state index is -4.48. The average molecular weight is 415 g/mol. The molecule has 0 radical (unpaired) electrons. The second-order valence-corrected chi connectivity index (χ2v) is 6.66. The van der Waals surface area contributed by atoms with E-state index in [4.69, 9.17) is 28.6 Å². The van der Waals surface area contributed by atoms with Crippen LogP contribution in [0.25, 0.3) is 6.08 Å². The maximum atomic E-state index is 13.5. The van der Waals surface area contributed by atoms with Gasteiger partial charge in [-0.05, 0) is 48.4 Å². The molecule has 3 N–H and O–H groups in total. The van der Waals surface area contributed by atoms with Crippen molar-refractivity contribution in [1.29, 1.82) is 5.41 Å². The zero-order chi connectivity index (χ0) is 20.0. The molecule has 2 rings (SSSR count). The summed E-state index contributed by atoms with van der Waals surface area (Å²) in [5.74, 6) is -1.82. The molecular formula is C19H17Cl2F3N3+. The Bertz CT molecular complexity index is 857. The number of aryl methyl sites for hydroxylation is 1. The fourth-order valence-corrected chi connectivity index (χ4v) is 3.07. The van der Waals surface area contributed by atoms with Crippen molar-refractivity contribution < 1.29 is 18.5 Å². The van der Waals surface area contributed by atoms with Crippen molar-refractivity contribution >= 4 is 47.6 Å². The number of halogens is 5. The highest BCUT2D eigenvalue weighted by molar-refractivity contribution is 6.34. The van der Waals surface area contributed by atoms with Crippen molar-refractivity contribution in [3.05, 3.63) is 69.2 Å². The first-order chi connectivity index (χ1) is 12.7. The van der Waals surface area contributed by atoms with Crippen LogP contribution in [-0.2, 0) is 0 Å². The molecule has 0 aliphatic rings. The summed E-state index contributed by atoms with van der Waals surface area (Å²) in [5, 5.41) is 8.87. The molecule has 0 bridgehead atoms. The van der Waals surface area contributed by atoms with Crippen LogP contribution in [0.1, 0.15) is 22.6 Å². The fourth-order valence-electron chi connectivity index (χ4n) is 2.53. The second kappa shape index (κ2) is 9.17. The summed E-state index contributed by atoms with van der Waals surface area (Å²) in [6, 6.07) is 9.20. The Labute approximate surface area is 165 Å². The van der Waals surface area contributed by atoms with Crippen LogP contribution >= 0.6 is 23.2 Å². The van der Waals surface area contributed by atoms with Gasteiger partial charge in [0.15, 0.2) is 6.34 Å². The Morgan fingerprint density at radius 2 is 1.78 bits per heavy atom. The van der Waals surface area contributed by atoms with Gasteiger partial charge in [-0.1, -0.05) is 35.4 Å². The first kappa shape index (κ1) is 21.2. The van der Waals surface area contributed by atoms with Gasteiger partial charge in [-0.15, -0.1) is 0 Å². The molecular weight excluding hydrogens is 398 g/mol. The molecule has 0 amide bonds. The Balaban J connectivity index is 2.30. The lowest BCUT2D eigenvalue weighted by molar-refractivity contribution is -0.433. The van der Waals surface area contributed by atoms with Gasteiger partial charge in [0.25, 0.3) is 0 Å². The summed E-state index contributed by atoms with van der Waals surface area (Å²) in [7, 11) is 0. The van der Waals surface area contributed by atoms with Gasteiger partial charge in [0.05, 0.1) is 5.92 Å². The molecule has 1 unspecified atom stereocenters. The first-order valence-corrected chi connectivity index (χ1v) is 8.63. The first-order valence-electron chi connectivity index (χ1n) is 7.87. The van der Waals surface area contributed by atoms with Crippen molar-refractivity contribution in [1.82, 2.24) is 0 Å². The molecule has 0 spiro atoms. The number of nitrogens with one attached hydrogen (secondary N) is 1. The number of hydrogen-bond donors (Lipinski definition) is 2. The molecule has 8 heteroatoms. The highest BCUT2D eigenvalue weighted by Crippen LogP contribution is 2.38. The topological polar surface area (TPSA) is 52.8 Å². The number of aliphatic imine (C=N–C) groups is 1. The quantitative estimate of drug-likeness (QED) is 0.356. The fraction of sp³-hybridized carbons (Fsp3) is 0.158. The molecule has 0 fully saturated rings. The van der Waals surface area contributed by atoms with E-state index in [0.717, 1.165) is 23.7 Å². The van der Waals surface area contributed by atoms with Crippen LogP contribution in [0, 0.1) is 12.3 Å². The van der Waals surface area contributed by atoms with Crippen LogP contribution in [-0.4, -0.2) is 18.9 Å². The number of nitrogens with zero attached hydrogens (tertiary/aromatic N) is 1. The average Bonchev–Trinajstić information content (AvgIpc) is 2.55. The van der Waals surface area contributed by atoms with Crippen molar-refractivity contribution in [2.75, 3.05) is 0 Å². The Kier molecular flexibility index (Phi) is 7.18. The third-order valence-corrected chi connectivity index (χ3v) is 4.22. The Hall–Kier alpha value is -2.15. The predicted molar refractivity (Wildman–Crippen MR) is 104 cm³/mol. The molecule has 2 aromatic carbocycles. The Morgan fingerprint density at radius 3 is 2.33 bits per heavy atom. The van der Waals surface area contributed by atoms with Crippen LogP contribution in [0.4, 0.5) is 18.9 Å². The lowest BCUT2D eigenvalue weighted by Gasteiger charge is -2.18. The van der Waals surface area contributed by atoms with Crippen molar-refractivity contribution in [3.8, 4) is 0 Å². The van der Waals surface area contributed by atoms with E-state index in [9.17, 15) is 13.2 Å². The Morgan fingerprint density at radius 1 is 1.11 bits per heavy atom. The molecule has 27 heavy (non-hydrogen) atoms. The minimum Gasteiger partial charge on any atom is -0.289 e. The van der Waals surface area contributed by atoms with Gasteiger partial charge < -0.3 is 0 Å². The molecule has 0 saturated carbocycles. The van der Waals surface area contributed by atoms with E-state index in [1.807, 2.05) is 6.92 Å². The number of allylic oxidation sites excluding steroid dienone is 1. The highest BCUT2D eigenvalue weighted by Gasteiger charge is 2.39. The number of alkyl halides is 3. The standard InChI is InChI=1S/C19H16Cl2F3N3/c1-12-6-13(3-5-18(12)27-11-26-10-25)2-4-17(19(22,23)24)14-7-15(20)9-16(21)8-14/h2-11,17H,1H3,(H2,25,26,27)/p+1/b4-2+. The van der Waals surface area contributed by atoms with Crippen LogP contribution in [0.5, 0.6) is 0 Å². The predicted octanol–water partition coefficient (Wildman–Crippen LogP) is 5.49. The summed E-state index contributed by atoms with van der Waals surface area (Å²) in [6.45, 7) is 1.85. The zero-order valence-electron chi connectivity index (χ0n) is 14.3. The third-order valence-electron chi connectivity index (χ3n) is 3.79. The van der Waals surface area contributed by atoms with Crippen LogP contribution in [0.2, 0.25) is 10.0 Å². The van der Waals surface area contributed by atoms with Crippen LogP contribution in [0.3, 0.4) is 0 Å². The van der Waals surface area contributed by atoms with Gasteiger partial charge >= 0.3 is 6.18 Å². The van der Waals surface area contributed by atoms with Crippen molar-refractivity contribution in [2.45, 2.75) is 19.0 Å². The summed E-state index contributed by atoms with van der Waals surface area (Å²) < 4.78 is 40.5. The van der Waals surface area contributed by atoms with E-state index in [0.29, 0.717) is 5.56 Å². The summed E-state index contributed by atoms with van der Waals surface area (Å²) in [6.07, 6.45) is 0.443. The summed E-state index contributed by atoms with van der Waals surface area (Å²) in [5.41, 5.74) is 2.37. The van der Waals surface area contributed by atoms with Crippen molar-refractivity contribution in [2.24, 2.45) is 4.99 Å². The summed E-state index contributed by atoms with van der Waals surface area (Å²) >= 11 is 11.7. The van der Waals surface area contributed by atoms with E-state index in [1.54, 1.807) is 23.5 Å².